The summed E-state index contributed by atoms with van der Waals surface area (Å²) in [5.74, 6) is -0.552. The zero-order chi connectivity index (χ0) is 14.6. The van der Waals surface area contributed by atoms with Gasteiger partial charge in [0.1, 0.15) is 0 Å². The number of likely N-dealkylation sites (N-methyl/N-ethyl adjacent to an activating group) is 1. The van der Waals surface area contributed by atoms with E-state index in [2.05, 4.69) is 5.32 Å². The topological polar surface area (TPSA) is 67.6 Å². The Balaban J connectivity index is 2.87. The van der Waals surface area contributed by atoms with E-state index in [1.807, 2.05) is 13.8 Å². The van der Waals surface area contributed by atoms with E-state index in [1.165, 1.54) is 19.2 Å². The van der Waals surface area contributed by atoms with Gasteiger partial charge in [0.25, 0.3) is 0 Å². The molecule has 0 aliphatic heterocycles. The third-order valence-electron chi connectivity index (χ3n) is 2.54. The Kier molecular flexibility index (Phi) is 4.97. The highest BCUT2D eigenvalue weighted by Crippen LogP contribution is 2.30. The summed E-state index contributed by atoms with van der Waals surface area (Å²) in [5, 5.41) is 2.78. The van der Waals surface area contributed by atoms with Gasteiger partial charge in [0.05, 0.1) is 25.0 Å². The third-order valence-corrected chi connectivity index (χ3v) is 2.54. The molecule has 1 aromatic rings. The molecule has 19 heavy (non-hydrogen) atoms. The maximum Gasteiger partial charge on any atom is 0.239 e. The first-order chi connectivity index (χ1) is 8.85. The minimum absolute atomic E-state index is 0.0704. The van der Waals surface area contributed by atoms with Crippen LogP contribution in [0.3, 0.4) is 0 Å². The third kappa shape index (κ3) is 4.01. The predicted molar refractivity (Wildman–Crippen MR) is 73.9 cm³/mol. The molecule has 1 rings (SSSR count). The molecule has 0 saturated heterocycles. The molecule has 0 atom stereocenters. The molecule has 0 fully saturated rings. The second kappa shape index (κ2) is 6.26. The number of amides is 1. The highest BCUT2D eigenvalue weighted by atomic mass is 19.1. The van der Waals surface area contributed by atoms with Crippen LogP contribution in [0, 0.1) is 5.82 Å². The monoisotopic (exact) mass is 269 g/mol. The van der Waals surface area contributed by atoms with Crippen LogP contribution in [0.1, 0.15) is 13.8 Å². The molecule has 1 aromatic carbocycles. The van der Waals surface area contributed by atoms with Crippen LogP contribution >= 0.6 is 0 Å². The molecular formula is C13H20FN3O2. The lowest BCUT2D eigenvalue weighted by Gasteiger charge is -2.22. The van der Waals surface area contributed by atoms with Crippen LogP contribution in [0.4, 0.5) is 15.8 Å². The largest absolute Gasteiger partial charge is 0.494 e. The Hall–Kier alpha value is -1.98. The van der Waals surface area contributed by atoms with Crippen molar-refractivity contribution >= 4 is 17.3 Å². The molecular weight excluding hydrogens is 249 g/mol. The number of hydrogen-bond acceptors (Lipinski definition) is 4. The van der Waals surface area contributed by atoms with Gasteiger partial charge < -0.3 is 20.7 Å². The van der Waals surface area contributed by atoms with Gasteiger partial charge in [-0.2, -0.15) is 0 Å². The Bertz CT molecular complexity index is 463. The van der Waals surface area contributed by atoms with E-state index in [0.717, 1.165) is 0 Å². The van der Waals surface area contributed by atoms with Gasteiger partial charge in [0.2, 0.25) is 5.91 Å². The van der Waals surface area contributed by atoms with E-state index >= 15 is 0 Å². The van der Waals surface area contributed by atoms with Gasteiger partial charge in [0.15, 0.2) is 11.6 Å². The summed E-state index contributed by atoms with van der Waals surface area (Å²) >= 11 is 0. The lowest BCUT2D eigenvalue weighted by atomic mass is 10.2. The number of methoxy groups -OCH3 is 1. The molecule has 3 N–H and O–H groups in total. The van der Waals surface area contributed by atoms with Gasteiger partial charge >= 0.3 is 0 Å². The van der Waals surface area contributed by atoms with Gasteiger partial charge in [-0.1, -0.05) is 0 Å². The number of rotatable bonds is 5. The number of carbonyl (C=O) groups excluding carboxylic acids is 1. The van der Waals surface area contributed by atoms with Gasteiger partial charge in [-0.25, -0.2) is 4.39 Å². The minimum Gasteiger partial charge on any atom is -0.494 e. The van der Waals surface area contributed by atoms with Crippen molar-refractivity contribution < 1.29 is 13.9 Å². The molecule has 0 aliphatic rings. The van der Waals surface area contributed by atoms with Crippen molar-refractivity contribution in [3.8, 4) is 5.75 Å². The molecule has 0 saturated carbocycles. The molecule has 1 amide bonds. The van der Waals surface area contributed by atoms with Crippen LogP contribution in [0.25, 0.3) is 0 Å². The van der Waals surface area contributed by atoms with Gasteiger partial charge in [0, 0.05) is 25.2 Å². The fourth-order valence-electron chi connectivity index (χ4n) is 1.71. The lowest BCUT2D eigenvalue weighted by Crippen LogP contribution is -2.38. The minimum atomic E-state index is -0.524. The first-order valence-corrected chi connectivity index (χ1v) is 5.98. The molecule has 106 valence electrons. The smallest absolute Gasteiger partial charge is 0.239 e. The molecule has 0 unspecified atom stereocenters. The fourth-order valence-corrected chi connectivity index (χ4v) is 1.71. The van der Waals surface area contributed by atoms with Crippen molar-refractivity contribution in [3.05, 3.63) is 17.9 Å². The van der Waals surface area contributed by atoms with Crippen molar-refractivity contribution in [2.75, 3.05) is 31.3 Å². The highest BCUT2D eigenvalue weighted by Gasteiger charge is 2.14. The Morgan fingerprint density at radius 1 is 1.53 bits per heavy atom. The molecule has 0 heterocycles. The van der Waals surface area contributed by atoms with Crippen molar-refractivity contribution in [3.63, 3.8) is 0 Å². The molecule has 0 aliphatic carbocycles. The number of nitrogens with two attached hydrogens (primary N) is 1. The van der Waals surface area contributed by atoms with Crippen molar-refractivity contribution in [2.24, 2.45) is 0 Å². The van der Waals surface area contributed by atoms with Crippen molar-refractivity contribution in [1.82, 2.24) is 5.32 Å². The van der Waals surface area contributed by atoms with E-state index in [-0.39, 0.29) is 29.9 Å². The van der Waals surface area contributed by atoms with E-state index in [4.69, 9.17) is 10.5 Å². The summed E-state index contributed by atoms with van der Waals surface area (Å²) in [6, 6.07) is 2.74. The SMILES string of the molecule is COc1cc(N(C)CC(=O)NC(C)C)c(N)cc1F. The van der Waals surface area contributed by atoms with Gasteiger partial charge in [-0.15, -0.1) is 0 Å². The van der Waals surface area contributed by atoms with Crippen LogP contribution in [0.5, 0.6) is 5.75 Å². The number of nitrogens with one attached hydrogen (secondary N) is 1. The standard InChI is InChI=1S/C13H20FN3O2/c1-8(2)16-13(18)7-17(3)11-6-12(19-4)9(14)5-10(11)15/h5-6,8H,7,15H2,1-4H3,(H,16,18). The number of nitrogens with zero attached hydrogens (tertiary/aromatic N) is 1. The molecule has 0 bridgehead atoms. The second-order valence-corrected chi connectivity index (χ2v) is 4.62. The van der Waals surface area contributed by atoms with E-state index < -0.39 is 5.82 Å². The zero-order valence-electron chi connectivity index (χ0n) is 11.7. The molecule has 6 heteroatoms. The van der Waals surface area contributed by atoms with Crippen LogP contribution in [0.2, 0.25) is 0 Å². The number of anilines is 2. The Labute approximate surface area is 112 Å². The van der Waals surface area contributed by atoms with Crippen LogP contribution in [0.15, 0.2) is 12.1 Å². The van der Waals surface area contributed by atoms with Gasteiger partial charge in [-0.3, -0.25) is 4.79 Å². The Morgan fingerprint density at radius 3 is 2.68 bits per heavy atom. The molecule has 0 aromatic heterocycles. The molecule has 5 nitrogen and oxygen atoms in total. The summed E-state index contributed by atoms with van der Waals surface area (Å²) in [5.41, 5.74) is 6.57. The molecule has 0 spiro atoms. The quantitative estimate of drug-likeness (QED) is 0.792. The first-order valence-electron chi connectivity index (χ1n) is 5.98. The number of halogens is 1. The van der Waals surface area contributed by atoms with Gasteiger partial charge in [-0.05, 0) is 13.8 Å². The Morgan fingerprint density at radius 2 is 2.16 bits per heavy atom. The maximum absolute atomic E-state index is 13.4. The van der Waals surface area contributed by atoms with E-state index in [9.17, 15) is 9.18 Å². The fraction of sp³-hybridized carbons (Fsp3) is 0.462. The summed E-state index contributed by atoms with van der Waals surface area (Å²) in [7, 11) is 3.09. The van der Waals surface area contributed by atoms with Crippen LogP contribution in [-0.4, -0.2) is 32.7 Å². The second-order valence-electron chi connectivity index (χ2n) is 4.62. The number of nitrogen functional groups attached to an aromatic ring is 1. The summed E-state index contributed by atoms with van der Waals surface area (Å²) in [4.78, 5) is 13.3. The number of hydrogen-bond donors (Lipinski definition) is 2. The number of ether oxygens (including phenoxy) is 1. The normalized spacial score (nSPS) is 10.4. The van der Waals surface area contributed by atoms with Crippen molar-refractivity contribution in [2.45, 2.75) is 19.9 Å². The summed E-state index contributed by atoms with van der Waals surface area (Å²) < 4.78 is 18.3. The van der Waals surface area contributed by atoms with E-state index in [0.29, 0.717) is 5.69 Å². The molecule has 0 radical (unpaired) electrons. The number of benzene rings is 1. The maximum atomic E-state index is 13.4. The lowest BCUT2D eigenvalue weighted by molar-refractivity contribution is -0.120. The average molecular weight is 269 g/mol. The van der Waals surface area contributed by atoms with Crippen molar-refractivity contribution in [1.29, 1.82) is 0 Å². The average Bonchev–Trinajstić information content (AvgIpc) is 2.27. The summed E-state index contributed by atoms with van der Waals surface area (Å²) in [6.45, 7) is 3.90. The first kappa shape index (κ1) is 15.1. The van der Waals surface area contributed by atoms with Crippen LogP contribution < -0.4 is 20.7 Å². The highest BCUT2D eigenvalue weighted by molar-refractivity contribution is 5.83. The number of carbonyl (C=O) groups is 1. The predicted octanol–water partition coefficient (Wildman–Crippen LogP) is 1.38. The van der Waals surface area contributed by atoms with E-state index in [1.54, 1.807) is 11.9 Å². The van der Waals surface area contributed by atoms with Crippen LogP contribution in [-0.2, 0) is 4.79 Å². The summed E-state index contributed by atoms with van der Waals surface area (Å²) in [6.07, 6.45) is 0. The zero-order valence-corrected chi connectivity index (χ0v) is 11.7.